The molecule has 8 nitrogen and oxygen atoms in total. The summed E-state index contributed by atoms with van der Waals surface area (Å²) in [4.78, 5) is 19.1. The Labute approximate surface area is 190 Å². The molecule has 1 aliphatic rings. The van der Waals surface area contributed by atoms with Gasteiger partial charge in [-0.3, -0.25) is 19.4 Å². The van der Waals surface area contributed by atoms with Gasteiger partial charge in [0.2, 0.25) is 5.91 Å². The second-order valence-electron chi connectivity index (χ2n) is 8.33. The molecule has 2 heterocycles. The molecule has 3 rings (SSSR count). The van der Waals surface area contributed by atoms with Crippen molar-refractivity contribution in [1.82, 2.24) is 9.62 Å². The number of carbonyl (C=O) groups excluding carboxylic acids is 1. The largest absolute Gasteiger partial charge is 0.465 e. The fourth-order valence-corrected chi connectivity index (χ4v) is 4.62. The van der Waals surface area contributed by atoms with Crippen LogP contribution in [0.3, 0.4) is 0 Å². The highest BCUT2D eigenvalue weighted by Gasteiger charge is 2.19. The number of nitrogens with zero attached hydrogens (tertiary/aromatic N) is 2. The molecule has 0 bridgehead atoms. The van der Waals surface area contributed by atoms with Crippen LogP contribution in [0.5, 0.6) is 0 Å². The molecule has 1 aromatic heterocycles. The van der Waals surface area contributed by atoms with E-state index in [1.54, 1.807) is 12.1 Å². The van der Waals surface area contributed by atoms with Crippen molar-refractivity contribution in [1.29, 1.82) is 0 Å². The Hall–Kier alpha value is -2.65. The maximum absolute atomic E-state index is 12.8. The number of benzene rings is 1. The second-order valence-corrected chi connectivity index (χ2v) is 10.0. The molecular weight excluding hydrogens is 428 g/mol. The summed E-state index contributed by atoms with van der Waals surface area (Å²) in [6.07, 6.45) is 3.56. The van der Waals surface area contributed by atoms with Crippen molar-refractivity contribution in [3.63, 3.8) is 0 Å². The molecule has 0 aliphatic carbocycles. The third-order valence-corrected chi connectivity index (χ3v) is 6.67. The van der Waals surface area contributed by atoms with Gasteiger partial charge in [-0.1, -0.05) is 12.5 Å². The van der Waals surface area contributed by atoms with E-state index in [4.69, 9.17) is 4.42 Å². The van der Waals surface area contributed by atoms with Crippen molar-refractivity contribution < 1.29 is 17.6 Å². The summed E-state index contributed by atoms with van der Waals surface area (Å²) in [7, 11) is -3.76. The summed E-state index contributed by atoms with van der Waals surface area (Å²) in [5, 5.41) is 2.81. The van der Waals surface area contributed by atoms with Crippen molar-refractivity contribution in [2.45, 2.75) is 63.9 Å². The third-order valence-electron chi connectivity index (χ3n) is 5.29. The quantitative estimate of drug-likeness (QED) is 0.625. The number of aryl methyl sites for hydroxylation is 1. The van der Waals surface area contributed by atoms with Crippen LogP contribution in [0.1, 0.15) is 51.1 Å². The first-order valence-electron chi connectivity index (χ1n) is 11.0. The first-order chi connectivity index (χ1) is 15.2. The number of anilines is 1. The van der Waals surface area contributed by atoms with Gasteiger partial charge < -0.3 is 9.73 Å². The van der Waals surface area contributed by atoms with E-state index in [0.717, 1.165) is 30.8 Å². The Morgan fingerprint density at radius 3 is 2.72 bits per heavy atom. The van der Waals surface area contributed by atoms with Crippen molar-refractivity contribution in [2.24, 2.45) is 4.99 Å². The van der Waals surface area contributed by atoms with E-state index in [-0.39, 0.29) is 23.4 Å². The molecule has 1 amide bonds. The number of sulfonamides is 1. The average Bonchev–Trinajstić information content (AvgIpc) is 2.97. The lowest BCUT2D eigenvalue weighted by Gasteiger charge is -2.24. The minimum Gasteiger partial charge on any atom is -0.465 e. The SMILES string of the molecule is Cc1ccc(CN(CC(=O)Nc2cccc(S(=O)(=O)NC3=NCCCCC3)c2)C(C)C)o1. The van der Waals surface area contributed by atoms with Crippen LogP contribution in [0.4, 0.5) is 5.69 Å². The van der Waals surface area contributed by atoms with Crippen LogP contribution in [-0.2, 0) is 21.4 Å². The van der Waals surface area contributed by atoms with Gasteiger partial charge in [0, 0.05) is 24.7 Å². The number of amidine groups is 1. The summed E-state index contributed by atoms with van der Waals surface area (Å²) in [6, 6.07) is 10.2. The molecule has 1 aliphatic heterocycles. The van der Waals surface area contributed by atoms with Crippen LogP contribution >= 0.6 is 0 Å². The van der Waals surface area contributed by atoms with Gasteiger partial charge in [-0.25, -0.2) is 8.42 Å². The predicted molar refractivity (Wildman–Crippen MR) is 125 cm³/mol. The number of aliphatic imine (C=N–C) groups is 1. The number of furan rings is 1. The van der Waals surface area contributed by atoms with Crippen LogP contribution < -0.4 is 10.0 Å². The van der Waals surface area contributed by atoms with E-state index >= 15 is 0 Å². The van der Waals surface area contributed by atoms with E-state index in [9.17, 15) is 13.2 Å². The van der Waals surface area contributed by atoms with Gasteiger partial charge >= 0.3 is 0 Å². The van der Waals surface area contributed by atoms with Crippen LogP contribution in [-0.4, -0.2) is 44.2 Å². The molecular formula is C23H32N4O4S. The molecule has 0 spiro atoms. The number of rotatable bonds is 8. The summed E-state index contributed by atoms with van der Waals surface area (Å²) in [5.41, 5.74) is 0.429. The second kappa shape index (κ2) is 10.8. The number of hydrogen-bond donors (Lipinski definition) is 2. The lowest BCUT2D eigenvalue weighted by molar-refractivity contribution is -0.117. The topological polar surface area (TPSA) is 104 Å². The predicted octanol–water partition coefficient (Wildman–Crippen LogP) is 3.69. The molecule has 1 aromatic carbocycles. The zero-order valence-corrected chi connectivity index (χ0v) is 19.7. The van der Waals surface area contributed by atoms with Crippen LogP contribution in [0.25, 0.3) is 0 Å². The first-order valence-corrected chi connectivity index (χ1v) is 12.5. The lowest BCUT2D eigenvalue weighted by Crippen LogP contribution is -2.37. The minimum absolute atomic E-state index is 0.0917. The van der Waals surface area contributed by atoms with Gasteiger partial charge in [-0.05, 0) is 63.9 Å². The number of carbonyl (C=O) groups is 1. The van der Waals surface area contributed by atoms with Gasteiger partial charge in [0.1, 0.15) is 17.4 Å². The minimum atomic E-state index is -3.76. The van der Waals surface area contributed by atoms with Crippen molar-refractivity contribution in [2.75, 3.05) is 18.4 Å². The van der Waals surface area contributed by atoms with Crippen molar-refractivity contribution >= 4 is 27.5 Å². The van der Waals surface area contributed by atoms with Gasteiger partial charge in [0.25, 0.3) is 10.0 Å². The Bertz CT molecular complexity index is 1060. The number of amides is 1. The molecule has 0 atom stereocenters. The summed E-state index contributed by atoms with van der Waals surface area (Å²) < 4.78 is 33.8. The van der Waals surface area contributed by atoms with E-state index in [1.165, 1.54) is 12.1 Å². The van der Waals surface area contributed by atoms with Crippen LogP contribution in [0, 0.1) is 6.92 Å². The van der Waals surface area contributed by atoms with Gasteiger partial charge in [-0.2, -0.15) is 0 Å². The molecule has 0 saturated carbocycles. The zero-order valence-electron chi connectivity index (χ0n) is 18.9. The monoisotopic (exact) mass is 460 g/mol. The third kappa shape index (κ3) is 6.93. The molecule has 9 heteroatoms. The highest BCUT2D eigenvalue weighted by Crippen LogP contribution is 2.17. The molecule has 0 fully saturated rings. The van der Waals surface area contributed by atoms with Crippen LogP contribution in [0.15, 0.2) is 50.7 Å². The standard InChI is InChI=1S/C23H32N4O4S/c1-17(2)27(15-20-12-11-18(3)31-20)16-23(28)25-19-8-7-9-21(14-19)32(29,30)26-22-10-5-4-6-13-24-22/h7-9,11-12,14,17H,4-6,10,13,15-16H2,1-3H3,(H,24,26)(H,25,28). The van der Waals surface area contributed by atoms with Crippen LogP contribution in [0.2, 0.25) is 0 Å². The van der Waals surface area contributed by atoms with E-state index < -0.39 is 10.0 Å². The summed E-state index contributed by atoms with van der Waals surface area (Å²) in [6.45, 7) is 7.21. The highest BCUT2D eigenvalue weighted by molar-refractivity contribution is 7.90. The Morgan fingerprint density at radius 1 is 1.19 bits per heavy atom. The smallest absolute Gasteiger partial charge is 0.262 e. The van der Waals surface area contributed by atoms with Gasteiger partial charge in [-0.15, -0.1) is 0 Å². The number of hydrogen-bond acceptors (Lipinski definition) is 6. The summed E-state index contributed by atoms with van der Waals surface area (Å²) in [5.74, 6) is 1.90. The molecule has 2 aromatic rings. The maximum Gasteiger partial charge on any atom is 0.262 e. The molecule has 0 unspecified atom stereocenters. The van der Waals surface area contributed by atoms with Gasteiger partial charge in [0.05, 0.1) is 18.0 Å². The first kappa shape index (κ1) is 24.0. The Kier molecular flexibility index (Phi) is 8.09. The Morgan fingerprint density at radius 2 is 2.00 bits per heavy atom. The van der Waals surface area contributed by atoms with Gasteiger partial charge in [0.15, 0.2) is 0 Å². The zero-order chi connectivity index (χ0) is 23.1. The van der Waals surface area contributed by atoms with E-state index in [1.807, 2.05) is 37.8 Å². The molecule has 0 radical (unpaired) electrons. The highest BCUT2D eigenvalue weighted by atomic mass is 32.2. The summed E-state index contributed by atoms with van der Waals surface area (Å²) >= 11 is 0. The molecule has 174 valence electrons. The normalized spacial score (nSPS) is 14.8. The molecule has 32 heavy (non-hydrogen) atoms. The lowest BCUT2D eigenvalue weighted by atomic mass is 10.2. The fourth-order valence-electron chi connectivity index (χ4n) is 3.49. The Balaban J connectivity index is 1.65. The van der Waals surface area contributed by atoms with E-state index in [0.29, 0.717) is 31.0 Å². The maximum atomic E-state index is 12.8. The average molecular weight is 461 g/mol. The molecule has 2 N–H and O–H groups in total. The molecule has 0 saturated heterocycles. The fraction of sp³-hybridized carbons (Fsp3) is 0.478. The van der Waals surface area contributed by atoms with Crippen molar-refractivity contribution in [3.8, 4) is 0 Å². The van der Waals surface area contributed by atoms with Crippen molar-refractivity contribution in [3.05, 3.63) is 47.9 Å². The number of nitrogens with one attached hydrogen (secondary N) is 2. The van der Waals surface area contributed by atoms with E-state index in [2.05, 4.69) is 15.0 Å².